The number of halogens is 3. The lowest BCUT2D eigenvalue weighted by Crippen LogP contribution is -2.42. The van der Waals surface area contributed by atoms with Crippen LogP contribution in [0.2, 0.25) is 5.02 Å². The summed E-state index contributed by atoms with van der Waals surface area (Å²) in [6.45, 7) is 0.635. The van der Waals surface area contributed by atoms with Crippen LogP contribution in [0.25, 0.3) is 10.9 Å². The van der Waals surface area contributed by atoms with Crippen LogP contribution in [0.3, 0.4) is 0 Å². The molecule has 0 aliphatic carbocycles. The van der Waals surface area contributed by atoms with E-state index >= 15 is 0 Å². The van der Waals surface area contributed by atoms with Gasteiger partial charge in [0.25, 0.3) is 0 Å². The quantitative estimate of drug-likeness (QED) is 0.490. The van der Waals surface area contributed by atoms with Gasteiger partial charge in [0.1, 0.15) is 24.3 Å². The third kappa shape index (κ3) is 5.22. The van der Waals surface area contributed by atoms with Gasteiger partial charge in [-0.05, 0) is 25.1 Å². The maximum atomic E-state index is 14.2. The SMILES string of the molecule is CC(=O)c1cn(CC(=O)N2C[C@H](F)C[C@@H]2OC(=O)NCc2cccc(Cl)c2F)c2cc(O)ccc12. The molecular formula is C24H22ClF2N3O5. The maximum absolute atomic E-state index is 14.2. The molecule has 4 rings (SSSR count). The molecule has 2 heterocycles. The number of alkyl carbamates (subject to hydrolysis) is 1. The zero-order valence-electron chi connectivity index (χ0n) is 18.6. The number of carbonyl (C=O) groups excluding carboxylic acids is 3. The molecule has 2 atom stereocenters. The monoisotopic (exact) mass is 505 g/mol. The summed E-state index contributed by atoms with van der Waals surface area (Å²) in [4.78, 5) is 38.4. The Kier molecular flexibility index (Phi) is 6.93. The van der Waals surface area contributed by atoms with E-state index in [1.54, 1.807) is 6.07 Å². The van der Waals surface area contributed by atoms with Crippen LogP contribution in [0.4, 0.5) is 13.6 Å². The zero-order valence-corrected chi connectivity index (χ0v) is 19.4. The summed E-state index contributed by atoms with van der Waals surface area (Å²) >= 11 is 5.73. The second kappa shape index (κ2) is 9.91. The normalized spacial score (nSPS) is 17.5. The van der Waals surface area contributed by atoms with Crippen LogP contribution in [-0.4, -0.2) is 51.3 Å². The van der Waals surface area contributed by atoms with Gasteiger partial charge in [0.05, 0.1) is 17.1 Å². The van der Waals surface area contributed by atoms with Crippen LogP contribution >= 0.6 is 11.6 Å². The molecular weight excluding hydrogens is 484 g/mol. The van der Waals surface area contributed by atoms with Gasteiger partial charge in [-0.1, -0.05) is 23.7 Å². The van der Waals surface area contributed by atoms with Crippen LogP contribution in [0, 0.1) is 5.82 Å². The number of benzene rings is 2. The van der Waals surface area contributed by atoms with Gasteiger partial charge in [-0.2, -0.15) is 0 Å². The molecule has 2 N–H and O–H groups in total. The largest absolute Gasteiger partial charge is 0.508 e. The van der Waals surface area contributed by atoms with Crippen molar-refractivity contribution in [2.45, 2.75) is 38.8 Å². The Bertz CT molecular complexity index is 1310. The summed E-state index contributed by atoms with van der Waals surface area (Å²) in [5, 5.41) is 12.7. The first-order valence-corrected chi connectivity index (χ1v) is 11.2. The Morgan fingerprint density at radius 1 is 1.26 bits per heavy atom. The van der Waals surface area contributed by atoms with Crippen molar-refractivity contribution in [3.8, 4) is 5.75 Å². The van der Waals surface area contributed by atoms with Crippen molar-refractivity contribution in [3.63, 3.8) is 0 Å². The lowest BCUT2D eigenvalue weighted by atomic mass is 10.1. The second-order valence-corrected chi connectivity index (χ2v) is 8.64. The molecule has 0 unspecified atom stereocenters. The molecule has 3 aromatic rings. The number of hydrogen-bond acceptors (Lipinski definition) is 5. The third-order valence-electron chi connectivity index (χ3n) is 5.77. The molecule has 11 heteroatoms. The zero-order chi connectivity index (χ0) is 25.3. The molecule has 2 amide bonds. The summed E-state index contributed by atoms with van der Waals surface area (Å²) in [6.07, 6.45) is -2.23. The molecule has 35 heavy (non-hydrogen) atoms. The molecule has 0 radical (unpaired) electrons. The number of ketones is 1. The number of likely N-dealkylation sites (tertiary alicyclic amines) is 1. The average molecular weight is 506 g/mol. The van der Waals surface area contributed by atoms with Crippen molar-refractivity contribution < 1.29 is 33.0 Å². The molecule has 1 aliphatic heterocycles. The molecule has 0 saturated carbocycles. The average Bonchev–Trinajstić information content (AvgIpc) is 3.34. The fraction of sp³-hybridized carbons (Fsp3) is 0.292. The van der Waals surface area contributed by atoms with Gasteiger partial charge < -0.3 is 24.6 Å². The number of amides is 2. The fourth-order valence-electron chi connectivity index (χ4n) is 4.07. The number of phenols is 1. The van der Waals surface area contributed by atoms with E-state index < -0.39 is 30.2 Å². The van der Waals surface area contributed by atoms with Gasteiger partial charge in [-0.3, -0.25) is 9.59 Å². The minimum atomic E-state index is -1.40. The van der Waals surface area contributed by atoms with Crippen molar-refractivity contribution >= 4 is 40.3 Å². The number of hydrogen-bond donors (Lipinski definition) is 2. The molecule has 1 saturated heterocycles. The molecule has 1 aliphatic rings. The smallest absolute Gasteiger partial charge is 0.409 e. The van der Waals surface area contributed by atoms with E-state index in [2.05, 4.69) is 5.32 Å². The number of ether oxygens (including phenoxy) is 1. The summed E-state index contributed by atoms with van der Waals surface area (Å²) in [5.74, 6) is -1.48. The van der Waals surface area contributed by atoms with Gasteiger partial charge >= 0.3 is 6.09 Å². The third-order valence-corrected chi connectivity index (χ3v) is 6.06. The first-order chi connectivity index (χ1) is 16.6. The standard InChI is InChI=1S/C24H22ClF2N3O5/c1-13(31)18-11-29(20-8-16(32)5-6-17(18)20)12-21(33)30-10-15(26)7-22(30)35-24(34)28-9-14-3-2-4-19(25)23(14)27/h2-6,8,11,15,22,32H,7,9-10,12H2,1H3,(H,28,34)/t15-,22+/m1/s1. The Hall–Kier alpha value is -3.66. The molecule has 1 aromatic heterocycles. The Morgan fingerprint density at radius 2 is 2.03 bits per heavy atom. The van der Waals surface area contributed by atoms with Crippen LogP contribution in [-0.2, 0) is 22.6 Å². The van der Waals surface area contributed by atoms with Crippen molar-refractivity contribution in [2.75, 3.05) is 6.54 Å². The van der Waals surface area contributed by atoms with Crippen LogP contribution < -0.4 is 5.32 Å². The number of carbonyl (C=O) groups is 3. The highest BCUT2D eigenvalue weighted by molar-refractivity contribution is 6.30. The predicted molar refractivity (Wildman–Crippen MR) is 123 cm³/mol. The van der Waals surface area contributed by atoms with Crippen molar-refractivity contribution in [1.82, 2.24) is 14.8 Å². The number of rotatable bonds is 6. The van der Waals surface area contributed by atoms with E-state index in [-0.39, 0.29) is 48.2 Å². The fourth-order valence-corrected chi connectivity index (χ4v) is 4.27. The lowest BCUT2D eigenvalue weighted by Gasteiger charge is -2.24. The Balaban J connectivity index is 1.46. The number of alkyl halides is 1. The van der Waals surface area contributed by atoms with Crippen molar-refractivity contribution in [3.05, 3.63) is 64.6 Å². The minimum absolute atomic E-state index is 0.0431. The highest BCUT2D eigenvalue weighted by Gasteiger charge is 2.38. The lowest BCUT2D eigenvalue weighted by molar-refractivity contribution is -0.138. The van der Waals surface area contributed by atoms with E-state index in [1.165, 1.54) is 48.0 Å². The van der Waals surface area contributed by atoms with Gasteiger partial charge in [0.15, 0.2) is 12.0 Å². The molecule has 8 nitrogen and oxygen atoms in total. The first kappa shape index (κ1) is 24.5. The first-order valence-electron chi connectivity index (χ1n) is 10.8. The molecule has 1 fully saturated rings. The van der Waals surface area contributed by atoms with Gasteiger partial charge in [-0.25, -0.2) is 13.6 Å². The predicted octanol–water partition coefficient (Wildman–Crippen LogP) is 4.16. The van der Waals surface area contributed by atoms with Crippen LogP contribution in [0.15, 0.2) is 42.6 Å². The number of nitrogens with one attached hydrogen (secondary N) is 1. The van der Waals surface area contributed by atoms with Crippen molar-refractivity contribution in [2.24, 2.45) is 0 Å². The van der Waals surface area contributed by atoms with E-state index in [4.69, 9.17) is 16.3 Å². The maximum Gasteiger partial charge on any atom is 0.409 e. The molecule has 184 valence electrons. The highest BCUT2D eigenvalue weighted by Crippen LogP contribution is 2.27. The number of aromatic nitrogens is 1. The van der Waals surface area contributed by atoms with E-state index in [9.17, 15) is 28.3 Å². The Morgan fingerprint density at radius 3 is 2.77 bits per heavy atom. The number of nitrogens with zero attached hydrogens (tertiary/aromatic N) is 2. The van der Waals surface area contributed by atoms with Gasteiger partial charge in [0.2, 0.25) is 5.91 Å². The van der Waals surface area contributed by atoms with E-state index in [0.717, 1.165) is 4.90 Å². The number of aromatic hydroxyl groups is 1. The molecule has 0 bridgehead atoms. The summed E-state index contributed by atoms with van der Waals surface area (Å²) in [6, 6.07) is 8.78. The number of Topliss-reactive ketones (excluding diaryl/α,β-unsaturated/α-hetero) is 1. The van der Waals surface area contributed by atoms with Crippen LogP contribution in [0.5, 0.6) is 5.75 Å². The van der Waals surface area contributed by atoms with E-state index in [1.807, 2.05) is 0 Å². The topological polar surface area (TPSA) is 101 Å². The minimum Gasteiger partial charge on any atom is -0.508 e. The van der Waals surface area contributed by atoms with Crippen LogP contribution in [0.1, 0.15) is 29.3 Å². The van der Waals surface area contributed by atoms with Crippen molar-refractivity contribution in [1.29, 1.82) is 0 Å². The summed E-state index contributed by atoms with van der Waals surface area (Å²) in [5.41, 5.74) is 0.970. The number of phenolic OH excluding ortho intramolecular Hbond substituents is 1. The van der Waals surface area contributed by atoms with Gasteiger partial charge in [0, 0.05) is 41.7 Å². The highest BCUT2D eigenvalue weighted by atomic mass is 35.5. The number of fused-ring (bicyclic) bond motifs is 1. The molecule has 2 aromatic carbocycles. The summed E-state index contributed by atoms with van der Waals surface area (Å²) in [7, 11) is 0. The second-order valence-electron chi connectivity index (χ2n) is 8.23. The van der Waals surface area contributed by atoms with Gasteiger partial charge in [-0.15, -0.1) is 0 Å². The Labute approximate surface area is 204 Å². The molecule has 0 spiro atoms. The van der Waals surface area contributed by atoms with E-state index in [0.29, 0.717) is 16.5 Å². The summed E-state index contributed by atoms with van der Waals surface area (Å²) < 4.78 is 34.9.